The molecular weight excluding hydrogens is 222 g/mol. The quantitative estimate of drug-likeness (QED) is 0.704. The van der Waals surface area contributed by atoms with Crippen LogP contribution in [0.5, 0.6) is 0 Å². The van der Waals surface area contributed by atoms with Crippen molar-refractivity contribution in [1.29, 1.82) is 0 Å². The van der Waals surface area contributed by atoms with Crippen LogP contribution in [0.3, 0.4) is 0 Å². The van der Waals surface area contributed by atoms with Gasteiger partial charge < -0.3 is 10.1 Å². The number of rotatable bonds is 8. The van der Waals surface area contributed by atoms with E-state index >= 15 is 0 Å². The molecular formula is C16H33NO. The van der Waals surface area contributed by atoms with Crippen LogP contribution in [-0.4, -0.2) is 24.8 Å². The molecule has 108 valence electrons. The van der Waals surface area contributed by atoms with Gasteiger partial charge in [-0.05, 0) is 52.0 Å². The standard InChI is InChI=1S/C16H33NO/c1-5-12-17-15(13-18-16(3,4)6-2)14-10-8-7-9-11-14/h14-15,17H,5-13H2,1-4H3. The van der Waals surface area contributed by atoms with Gasteiger partial charge in [-0.25, -0.2) is 0 Å². The van der Waals surface area contributed by atoms with Gasteiger partial charge in [0.15, 0.2) is 0 Å². The second-order valence-electron chi connectivity index (χ2n) is 6.38. The van der Waals surface area contributed by atoms with E-state index in [-0.39, 0.29) is 5.60 Å². The summed E-state index contributed by atoms with van der Waals surface area (Å²) in [6.45, 7) is 10.8. The third-order valence-electron chi connectivity index (χ3n) is 4.38. The van der Waals surface area contributed by atoms with Gasteiger partial charge >= 0.3 is 0 Å². The predicted molar refractivity (Wildman–Crippen MR) is 79.0 cm³/mol. The van der Waals surface area contributed by atoms with E-state index < -0.39 is 0 Å². The van der Waals surface area contributed by atoms with Crippen molar-refractivity contribution in [3.05, 3.63) is 0 Å². The molecule has 1 aliphatic carbocycles. The zero-order valence-corrected chi connectivity index (χ0v) is 12.9. The first-order chi connectivity index (χ1) is 8.59. The molecule has 0 spiro atoms. The molecule has 0 aromatic rings. The Hall–Kier alpha value is -0.0800. The minimum absolute atomic E-state index is 0.0286. The highest BCUT2D eigenvalue weighted by molar-refractivity contribution is 4.80. The molecule has 18 heavy (non-hydrogen) atoms. The van der Waals surface area contributed by atoms with E-state index in [0.29, 0.717) is 6.04 Å². The van der Waals surface area contributed by atoms with E-state index in [9.17, 15) is 0 Å². The van der Waals surface area contributed by atoms with Crippen molar-refractivity contribution in [3.63, 3.8) is 0 Å². The molecule has 0 radical (unpaired) electrons. The van der Waals surface area contributed by atoms with E-state index in [1.165, 1.54) is 38.5 Å². The van der Waals surface area contributed by atoms with Crippen LogP contribution in [0, 0.1) is 5.92 Å². The summed E-state index contributed by atoms with van der Waals surface area (Å²) >= 11 is 0. The van der Waals surface area contributed by atoms with Crippen molar-refractivity contribution in [3.8, 4) is 0 Å². The van der Waals surface area contributed by atoms with Crippen molar-refractivity contribution in [1.82, 2.24) is 5.32 Å². The Morgan fingerprint density at radius 1 is 1.17 bits per heavy atom. The predicted octanol–water partition coefficient (Wildman–Crippen LogP) is 4.14. The molecule has 0 aliphatic heterocycles. The maximum absolute atomic E-state index is 6.13. The van der Waals surface area contributed by atoms with E-state index in [1.807, 2.05) is 0 Å². The van der Waals surface area contributed by atoms with Crippen molar-refractivity contribution in [2.24, 2.45) is 5.92 Å². The van der Waals surface area contributed by atoms with Crippen LogP contribution in [0.4, 0.5) is 0 Å². The molecule has 1 rings (SSSR count). The second-order valence-corrected chi connectivity index (χ2v) is 6.38. The second kappa shape index (κ2) is 8.16. The maximum atomic E-state index is 6.13. The topological polar surface area (TPSA) is 21.3 Å². The highest BCUT2D eigenvalue weighted by Crippen LogP contribution is 2.27. The van der Waals surface area contributed by atoms with E-state index in [1.54, 1.807) is 0 Å². The Labute approximate surface area is 114 Å². The smallest absolute Gasteiger partial charge is 0.0629 e. The van der Waals surface area contributed by atoms with Gasteiger partial charge in [0.05, 0.1) is 12.2 Å². The van der Waals surface area contributed by atoms with Gasteiger partial charge in [0.1, 0.15) is 0 Å². The molecule has 2 heteroatoms. The highest BCUT2D eigenvalue weighted by Gasteiger charge is 2.25. The molecule has 0 bridgehead atoms. The summed E-state index contributed by atoms with van der Waals surface area (Å²) in [4.78, 5) is 0. The Morgan fingerprint density at radius 2 is 1.83 bits per heavy atom. The lowest BCUT2D eigenvalue weighted by atomic mass is 9.84. The van der Waals surface area contributed by atoms with Crippen LogP contribution >= 0.6 is 0 Å². The summed E-state index contributed by atoms with van der Waals surface area (Å²) < 4.78 is 6.13. The number of hydrogen-bond donors (Lipinski definition) is 1. The molecule has 0 aromatic heterocycles. The summed E-state index contributed by atoms with van der Waals surface area (Å²) in [5.74, 6) is 0.831. The van der Waals surface area contributed by atoms with Gasteiger partial charge in [0.2, 0.25) is 0 Å². The molecule has 0 amide bonds. The zero-order valence-electron chi connectivity index (χ0n) is 12.9. The van der Waals surface area contributed by atoms with Crippen LogP contribution in [0.25, 0.3) is 0 Å². The van der Waals surface area contributed by atoms with Crippen molar-refractivity contribution in [2.45, 2.75) is 84.3 Å². The van der Waals surface area contributed by atoms with Crippen LogP contribution in [0.2, 0.25) is 0 Å². The Kier molecular flexibility index (Phi) is 7.25. The molecule has 1 fully saturated rings. The first-order valence-electron chi connectivity index (χ1n) is 7.96. The Balaban J connectivity index is 2.43. The summed E-state index contributed by atoms with van der Waals surface area (Å²) in [5, 5.41) is 3.71. The highest BCUT2D eigenvalue weighted by atomic mass is 16.5. The minimum atomic E-state index is 0.0286. The third-order valence-corrected chi connectivity index (χ3v) is 4.38. The largest absolute Gasteiger partial charge is 0.374 e. The lowest BCUT2D eigenvalue weighted by Gasteiger charge is -2.34. The zero-order chi connectivity index (χ0) is 13.4. The van der Waals surface area contributed by atoms with Crippen LogP contribution in [-0.2, 0) is 4.74 Å². The van der Waals surface area contributed by atoms with Crippen molar-refractivity contribution >= 4 is 0 Å². The SMILES string of the molecule is CCCNC(COC(C)(C)CC)C1CCCCC1. The fourth-order valence-electron chi connectivity index (χ4n) is 2.65. The molecule has 0 saturated heterocycles. The van der Waals surface area contributed by atoms with Gasteiger partial charge in [-0.2, -0.15) is 0 Å². The molecule has 0 aromatic carbocycles. The van der Waals surface area contributed by atoms with Gasteiger partial charge in [0, 0.05) is 6.04 Å². The van der Waals surface area contributed by atoms with Crippen LogP contribution in [0.15, 0.2) is 0 Å². The van der Waals surface area contributed by atoms with Crippen molar-refractivity contribution in [2.75, 3.05) is 13.2 Å². The molecule has 1 N–H and O–H groups in total. The fourth-order valence-corrected chi connectivity index (χ4v) is 2.65. The van der Waals surface area contributed by atoms with Gasteiger partial charge in [0.25, 0.3) is 0 Å². The number of nitrogens with one attached hydrogen (secondary N) is 1. The lowest BCUT2D eigenvalue weighted by molar-refractivity contribution is -0.0393. The maximum Gasteiger partial charge on any atom is 0.0629 e. The average Bonchev–Trinajstić information content (AvgIpc) is 2.40. The Morgan fingerprint density at radius 3 is 2.39 bits per heavy atom. The lowest BCUT2D eigenvalue weighted by Crippen LogP contribution is -2.43. The fraction of sp³-hybridized carbons (Fsp3) is 1.00. The monoisotopic (exact) mass is 255 g/mol. The molecule has 1 unspecified atom stereocenters. The molecule has 1 aliphatic rings. The number of ether oxygens (including phenoxy) is 1. The summed E-state index contributed by atoms with van der Waals surface area (Å²) in [6, 6.07) is 0.566. The molecule has 1 saturated carbocycles. The Bertz CT molecular complexity index is 209. The van der Waals surface area contributed by atoms with E-state index in [2.05, 4.69) is 33.0 Å². The van der Waals surface area contributed by atoms with Gasteiger partial charge in [-0.3, -0.25) is 0 Å². The summed E-state index contributed by atoms with van der Waals surface area (Å²) in [5.41, 5.74) is 0.0286. The first-order valence-corrected chi connectivity index (χ1v) is 7.96. The minimum Gasteiger partial charge on any atom is -0.374 e. The average molecular weight is 255 g/mol. The molecule has 0 heterocycles. The summed E-state index contributed by atoms with van der Waals surface area (Å²) in [7, 11) is 0. The normalized spacial score (nSPS) is 20.0. The summed E-state index contributed by atoms with van der Waals surface area (Å²) in [6.07, 6.45) is 9.31. The van der Waals surface area contributed by atoms with Gasteiger partial charge in [-0.15, -0.1) is 0 Å². The number of hydrogen-bond acceptors (Lipinski definition) is 2. The molecule has 1 atom stereocenters. The first kappa shape index (κ1) is 16.0. The van der Waals surface area contributed by atoms with E-state index in [0.717, 1.165) is 25.5 Å². The van der Waals surface area contributed by atoms with Crippen LogP contribution in [0.1, 0.15) is 72.6 Å². The van der Waals surface area contributed by atoms with Gasteiger partial charge in [-0.1, -0.05) is 33.1 Å². The van der Waals surface area contributed by atoms with Crippen LogP contribution < -0.4 is 5.32 Å². The molecule has 2 nitrogen and oxygen atoms in total. The van der Waals surface area contributed by atoms with Crippen molar-refractivity contribution < 1.29 is 4.74 Å². The van der Waals surface area contributed by atoms with E-state index in [4.69, 9.17) is 4.74 Å². The third kappa shape index (κ3) is 5.71.